The molecule has 160 valence electrons. The minimum absolute atomic E-state index is 0. The molecule has 0 bridgehead atoms. The Morgan fingerprint density at radius 3 is 2.64 bits per heavy atom. The highest BCUT2D eigenvalue weighted by Gasteiger charge is 2.37. The van der Waals surface area contributed by atoms with Crippen LogP contribution in [0.25, 0.3) is 0 Å². The van der Waals surface area contributed by atoms with E-state index in [1.807, 2.05) is 25.1 Å². The van der Waals surface area contributed by atoms with Gasteiger partial charge in [-0.1, -0.05) is 11.6 Å². The predicted octanol–water partition coefficient (Wildman–Crippen LogP) is 3.61. The van der Waals surface area contributed by atoms with E-state index < -0.39 is 0 Å². The van der Waals surface area contributed by atoms with E-state index in [9.17, 15) is 0 Å². The minimum atomic E-state index is -0.156. The maximum Gasteiger partial charge on any atom is 0.191 e. The van der Waals surface area contributed by atoms with E-state index in [2.05, 4.69) is 17.6 Å². The standard InChI is InChI=1S/C20H32ClN3O3.HI/c1-4-22-19(23-10-13-26-5-2)24-15-20(8-11-27-12-9-20)17-14-16(21)6-7-18(17)25-3;/h6-7,14H,4-5,8-13,15H2,1-3H3,(H2,22,23,24);1H. The van der Waals surface area contributed by atoms with Crippen LogP contribution in [0.2, 0.25) is 5.02 Å². The van der Waals surface area contributed by atoms with Crippen LogP contribution in [-0.2, 0) is 14.9 Å². The third kappa shape index (κ3) is 7.24. The van der Waals surface area contributed by atoms with Crippen LogP contribution in [0.3, 0.4) is 0 Å². The molecule has 1 saturated heterocycles. The monoisotopic (exact) mass is 525 g/mol. The van der Waals surface area contributed by atoms with Gasteiger partial charge in [-0.15, -0.1) is 24.0 Å². The van der Waals surface area contributed by atoms with E-state index in [-0.39, 0.29) is 29.4 Å². The lowest BCUT2D eigenvalue weighted by molar-refractivity contribution is 0.0522. The zero-order chi connectivity index (χ0) is 19.5. The Morgan fingerprint density at radius 1 is 1.25 bits per heavy atom. The van der Waals surface area contributed by atoms with Crippen LogP contribution in [0.5, 0.6) is 5.75 Å². The maximum atomic E-state index is 6.30. The average molecular weight is 526 g/mol. The van der Waals surface area contributed by atoms with Gasteiger partial charge in [-0.25, -0.2) is 0 Å². The molecule has 0 spiro atoms. The first-order valence-electron chi connectivity index (χ1n) is 9.67. The summed E-state index contributed by atoms with van der Waals surface area (Å²) in [5.41, 5.74) is 0.950. The van der Waals surface area contributed by atoms with Crippen molar-refractivity contribution in [1.82, 2.24) is 10.6 Å². The Kier molecular flexibility index (Phi) is 12.1. The summed E-state index contributed by atoms with van der Waals surface area (Å²) in [6.45, 7) is 8.99. The van der Waals surface area contributed by atoms with Crippen LogP contribution < -0.4 is 15.4 Å². The molecule has 0 aliphatic carbocycles. The molecule has 1 aliphatic heterocycles. The van der Waals surface area contributed by atoms with Gasteiger partial charge >= 0.3 is 0 Å². The van der Waals surface area contributed by atoms with Gasteiger partial charge in [0.15, 0.2) is 5.96 Å². The van der Waals surface area contributed by atoms with Crippen molar-refractivity contribution >= 4 is 41.5 Å². The normalized spacial score (nSPS) is 16.2. The number of nitrogens with zero attached hydrogens (tertiary/aromatic N) is 1. The lowest BCUT2D eigenvalue weighted by Gasteiger charge is -2.37. The molecule has 0 amide bonds. The number of guanidine groups is 1. The third-order valence-corrected chi connectivity index (χ3v) is 5.04. The number of nitrogens with one attached hydrogen (secondary N) is 2. The summed E-state index contributed by atoms with van der Waals surface area (Å²) >= 11 is 6.30. The van der Waals surface area contributed by atoms with Gasteiger partial charge in [-0.05, 0) is 44.9 Å². The summed E-state index contributed by atoms with van der Waals surface area (Å²) < 4.78 is 16.7. The van der Waals surface area contributed by atoms with Crippen molar-refractivity contribution < 1.29 is 14.2 Å². The fourth-order valence-electron chi connectivity index (χ4n) is 3.33. The molecule has 1 heterocycles. The lowest BCUT2D eigenvalue weighted by atomic mass is 9.73. The van der Waals surface area contributed by atoms with E-state index in [1.54, 1.807) is 7.11 Å². The SMILES string of the molecule is CCNC(=NCC1(c2cc(Cl)ccc2OC)CCOCC1)NCCOCC.I. The Labute approximate surface area is 190 Å². The van der Waals surface area contributed by atoms with Gasteiger partial charge in [-0.2, -0.15) is 0 Å². The highest BCUT2D eigenvalue weighted by atomic mass is 127. The van der Waals surface area contributed by atoms with Gasteiger partial charge in [0.05, 0.1) is 20.3 Å². The van der Waals surface area contributed by atoms with Gasteiger partial charge in [0.25, 0.3) is 0 Å². The first kappa shape index (κ1) is 25.3. The smallest absolute Gasteiger partial charge is 0.191 e. The van der Waals surface area contributed by atoms with E-state index in [1.165, 1.54) is 0 Å². The van der Waals surface area contributed by atoms with Gasteiger partial charge in [-0.3, -0.25) is 4.99 Å². The number of hydrogen-bond acceptors (Lipinski definition) is 4. The molecule has 0 atom stereocenters. The summed E-state index contributed by atoms with van der Waals surface area (Å²) in [6.07, 6.45) is 1.76. The van der Waals surface area contributed by atoms with Crippen molar-refractivity contribution in [3.63, 3.8) is 0 Å². The van der Waals surface area contributed by atoms with E-state index in [0.29, 0.717) is 38.0 Å². The van der Waals surface area contributed by atoms with Crippen LogP contribution in [0.15, 0.2) is 23.2 Å². The van der Waals surface area contributed by atoms with Crippen LogP contribution in [-0.4, -0.2) is 59.1 Å². The zero-order valence-electron chi connectivity index (χ0n) is 17.1. The van der Waals surface area contributed by atoms with Crippen molar-refractivity contribution in [3.05, 3.63) is 28.8 Å². The molecule has 28 heavy (non-hydrogen) atoms. The first-order valence-corrected chi connectivity index (χ1v) is 10.0. The zero-order valence-corrected chi connectivity index (χ0v) is 20.1. The van der Waals surface area contributed by atoms with Gasteiger partial charge in [0, 0.05) is 48.9 Å². The van der Waals surface area contributed by atoms with Gasteiger partial charge in [0.1, 0.15) is 5.75 Å². The topological polar surface area (TPSA) is 64.1 Å². The summed E-state index contributed by atoms with van der Waals surface area (Å²) in [7, 11) is 1.70. The number of rotatable bonds is 9. The van der Waals surface area contributed by atoms with Crippen LogP contribution in [0.4, 0.5) is 0 Å². The summed E-state index contributed by atoms with van der Waals surface area (Å²) in [5, 5.41) is 7.34. The number of halogens is 2. The van der Waals surface area contributed by atoms with Crippen molar-refractivity contribution in [2.24, 2.45) is 4.99 Å². The second-order valence-electron chi connectivity index (χ2n) is 6.56. The summed E-state index contributed by atoms with van der Waals surface area (Å²) in [5.74, 6) is 1.65. The highest BCUT2D eigenvalue weighted by Crippen LogP contribution is 2.41. The second-order valence-corrected chi connectivity index (χ2v) is 6.99. The molecular formula is C20H33ClIN3O3. The molecule has 1 aromatic carbocycles. The quantitative estimate of drug-likeness (QED) is 0.223. The van der Waals surface area contributed by atoms with E-state index in [0.717, 1.165) is 43.2 Å². The van der Waals surface area contributed by atoms with E-state index in [4.69, 9.17) is 30.8 Å². The van der Waals surface area contributed by atoms with Crippen molar-refractivity contribution in [2.75, 3.05) is 53.2 Å². The van der Waals surface area contributed by atoms with Crippen LogP contribution in [0.1, 0.15) is 32.3 Å². The molecule has 0 unspecified atom stereocenters. The second kappa shape index (κ2) is 13.5. The number of methoxy groups -OCH3 is 1. The maximum absolute atomic E-state index is 6.30. The van der Waals surface area contributed by atoms with Crippen LogP contribution >= 0.6 is 35.6 Å². The minimum Gasteiger partial charge on any atom is -0.496 e. The average Bonchev–Trinajstić information content (AvgIpc) is 2.70. The Balaban J connectivity index is 0.00000392. The lowest BCUT2D eigenvalue weighted by Crippen LogP contribution is -2.42. The van der Waals surface area contributed by atoms with Crippen molar-refractivity contribution in [2.45, 2.75) is 32.1 Å². The van der Waals surface area contributed by atoms with Gasteiger partial charge < -0.3 is 24.8 Å². The molecule has 2 N–H and O–H groups in total. The van der Waals surface area contributed by atoms with Crippen molar-refractivity contribution in [1.29, 1.82) is 0 Å². The van der Waals surface area contributed by atoms with E-state index >= 15 is 0 Å². The molecule has 1 fully saturated rings. The fourth-order valence-corrected chi connectivity index (χ4v) is 3.50. The molecule has 0 radical (unpaired) electrons. The van der Waals surface area contributed by atoms with Crippen LogP contribution in [0, 0.1) is 0 Å². The highest BCUT2D eigenvalue weighted by molar-refractivity contribution is 14.0. The molecule has 0 aromatic heterocycles. The number of ether oxygens (including phenoxy) is 3. The number of aliphatic imine (C=N–C) groups is 1. The molecule has 0 saturated carbocycles. The molecule has 8 heteroatoms. The third-order valence-electron chi connectivity index (χ3n) is 4.81. The molecule has 1 aromatic rings. The summed E-state index contributed by atoms with van der Waals surface area (Å²) in [4.78, 5) is 4.87. The molecular weight excluding hydrogens is 493 g/mol. The summed E-state index contributed by atoms with van der Waals surface area (Å²) in [6, 6.07) is 5.81. The number of hydrogen-bond donors (Lipinski definition) is 2. The van der Waals surface area contributed by atoms with Crippen molar-refractivity contribution in [3.8, 4) is 5.75 Å². The largest absolute Gasteiger partial charge is 0.496 e. The fraction of sp³-hybridized carbons (Fsp3) is 0.650. The number of benzene rings is 1. The molecule has 6 nitrogen and oxygen atoms in total. The molecule has 1 aliphatic rings. The Hall–Kier alpha value is -0.770. The van der Waals surface area contributed by atoms with Gasteiger partial charge in [0.2, 0.25) is 0 Å². The Bertz CT molecular complexity index is 610. The molecule has 2 rings (SSSR count). The predicted molar refractivity (Wildman–Crippen MR) is 126 cm³/mol. The first-order chi connectivity index (χ1) is 13.1. The Morgan fingerprint density at radius 2 is 2.00 bits per heavy atom.